The molecule has 10 heteroatoms. The van der Waals surface area contributed by atoms with Gasteiger partial charge in [0.1, 0.15) is 19.4 Å². The molecule has 1 aliphatic heterocycles. The number of nitrogens with zero attached hydrogens (tertiary/aromatic N) is 2. The van der Waals surface area contributed by atoms with Crippen molar-refractivity contribution >= 4 is 41.4 Å². The summed E-state index contributed by atoms with van der Waals surface area (Å²) in [6, 6.07) is 5.31. The molecule has 0 aliphatic carbocycles. The van der Waals surface area contributed by atoms with E-state index < -0.39 is 49.3 Å². The van der Waals surface area contributed by atoms with Gasteiger partial charge in [-0.25, -0.2) is 0 Å². The summed E-state index contributed by atoms with van der Waals surface area (Å²) in [6.07, 6.45) is 0.888. The number of carboxylic acids is 1. The maximum absolute atomic E-state index is 13.2. The van der Waals surface area contributed by atoms with Crippen molar-refractivity contribution in [3.63, 3.8) is 0 Å². The Labute approximate surface area is 173 Å². The fraction of sp³-hybridized carbons (Fsp3) is 0.450. The molecule has 1 heterocycles. The van der Waals surface area contributed by atoms with Crippen LogP contribution in [0.3, 0.4) is 0 Å². The molecular weight excluding hydrogens is 394 g/mol. The van der Waals surface area contributed by atoms with Crippen molar-refractivity contribution < 1.29 is 34.2 Å². The number of benzene rings is 1. The summed E-state index contributed by atoms with van der Waals surface area (Å²) in [4.78, 5) is 62.5. The summed E-state index contributed by atoms with van der Waals surface area (Å²) in [6.45, 7) is 0.789. The highest BCUT2D eigenvalue weighted by atomic mass is 16.4. The minimum Gasteiger partial charge on any atom is -0.481 e. The average Bonchev–Trinajstić information content (AvgIpc) is 2.83. The summed E-state index contributed by atoms with van der Waals surface area (Å²) in [5.74, 6) is -3.47. The van der Waals surface area contributed by atoms with Gasteiger partial charge in [-0.3, -0.25) is 19.2 Å². The number of anilines is 2. The van der Waals surface area contributed by atoms with Gasteiger partial charge >= 0.3 is 5.97 Å². The van der Waals surface area contributed by atoms with Crippen LogP contribution in [0.5, 0.6) is 0 Å². The molecule has 0 fully saturated rings. The molecule has 0 radical (unpaired) electrons. The van der Waals surface area contributed by atoms with Gasteiger partial charge < -0.3 is 30.1 Å². The number of aliphatic hydroxyl groups is 1. The SMILES string of the molecule is CCCC1CN(C(=O)CO)c2ccccc2N(CC(=O)NC(C=O)CC(=O)O)C1=O. The smallest absolute Gasteiger partial charge is 0.305 e. The van der Waals surface area contributed by atoms with Gasteiger partial charge in [0.25, 0.3) is 5.91 Å². The van der Waals surface area contributed by atoms with E-state index in [0.29, 0.717) is 30.5 Å². The molecule has 3 N–H and O–H groups in total. The summed E-state index contributed by atoms with van der Waals surface area (Å²) in [5, 5.41) is 20.5. The van der Waals surface area contributed by atoms with Crippen LogP contribution in [0.25, 0.3) is 0 Å². The third-order valence-corrected chi connectivity index (χ3v) is 4.76. The Morgan fingerprint density at radius 1 is 1.27 bits per heavy atom. The number of amides is 3. The van der Waals surface area contributed by atoms with Gasteiger partial charge in [0.15, 0.2) is 0 Å². The van der Waals surface area contributed by atoms with Crippen molar-refractivity contribution in [1.82, 2.24) is 5.32 Å². The van der Waals surface area contributed by atoms with Crippen molar-refractivity contribution in [2.45, 2.75) is 32.2 Å². The first-order chi connectivity index (χ1) is 14.3. The molecule has 1 aromatic rings. The fourth-order valence-electron chi connectivity index (χ4n) is 3.42. The highest BCUT2D eigenvalue weighted by Gasteiger charge is 2.36. The number of aldehydes is 1. The first-order valence-corrected chi connectivity index (χ1v) is 9.60. The number of hydrogen-bond donors (Lipinski definition) is 3. The van der Waals surface area contributed by atoms with Gasteiger partial charge in [-0.2, -0.15) is 0 Å². The number of nitrogens with one attached hydrogen (secondary N) is 1. The highest BCUT2D eigenvalue weighted by Crippen LogP contribution is 2.35. The predicted molar refractivity (Wildman–Crippen MR) is 107 cm³/mol. The molecule has 0 saturated carbocycles. The number of fused-ring (bicyclic) bond motifs is 1. The van der Waals surface area contributed by atoms with E-state index in [0.717, 1.165) is 0 Å². The quantitative estimate of drug-likeness (QED) is 0.475. The molecule has 3 amide bonds. The molecule has 0 spiro atoms. The molecule has 0 bridgehead atoms. The Bertz CT molecular complexity index is 826. The standard InChI is InChI=1S/C20H25N3O7/c1-2-5-13-9-22(18(27)12-25)15-6-3-4-7-16(15)23(20(13)30)10-17(26)21-14(11-24)8-19(28)29/h3-4,6-7,11,13-14,25H,2,5,8-10,12H2,1H3,(H,21,26)(H,28,29). The van der Waals surface area contributed by atoms with E-state index in [9.17, 15) is 29.1 Å². The first kappa shape index (κ1) is 23.0. The summed E-state index contributed by atoms with van der Waals surface area (Å²) >= 11 is 0. The molecule has 2 rings (SSSR count). The molecule has 0 aromatic heterocycles. The number of carbonyl (C=O) groups excluding carboxylic acids is 4. The Balaban J connectivity index is 2.38. The molecule has 2 unspecified atom stereocenters. The molecule has 0 saturated heterocycles. The van der Waals surface area contributed by atoms with E-state index in [-0.39, 0.29) is 12.5 Å². The number of carbonyl (C=O) groups is 5. The summed E-state index contributed by atoms with van der Waals surface area (Å²) in [5.41, 5.74) is 0.702. The lowest BCUT2D eigenvalue weighted by Crippen LogP contribution is -2.47. The van der Waals surface area contributed by atoms with Crippen LogP contribution in [0.2, 0.25) is 0 Å². The van der Waals surface area contributed by atoms with Gasteiger partial charge in [0, 0.05) is 6.54 Å². The van der Waals surface area contributed by atoms with Crippen LogP contribution in [0.15, 0.2) is 24.3 Å². The number of para-hydroxylation sites is 2. The molecule has 1 aromatic carbocycles. The Morgan fingerprint density at radius 3 is 2.50 bits per heavy atom. The number of rotatable bonds is 9. The number of hydrogen-bond acceptors (Lipinski definition) is 6. The molecule has 2 atom stereocenters. The van der Waals surface area contributed by atoms with Crippen LogP contribution in [-0.4, -0.2) is 65.9 Å². The lowest BCUT2D eigenvalue weighted by atomic mass is 10.0. The Kier molecular flexibility index (Phi) is 8.05. The van der Waals surface area contributed by atoms with Gasteiger partial charge in [0.05, 0.1) is 29.8 Å². The predicted octanol–water partition coefficient (Wildman–Crippen LogP) is -0.0668. The lowest BCUT2D eigenvalue weighted by Gasteiger charge is -2.25. The van der Waals surface area contributed by atoms with Crippen molar-refractivity contribution in [3.05, 3.63) is 24.3 Å². The average molecular weight is 419 g/mol. The van der Waals surface area contributed by atoms with Crippen molar-refractivity contribution in [3.8, 4) is 0 Å². The topological polar surface area (TPSA) is 144 Å². The van der Waals surface area contributed by atoms with Crippen LogP contribution in [0.4, 0.5) is 11.4 Å². The lowest BCUT2D eigenvalue weighted by molar-refractivity contribution is -0.139. The Morgan fingerprint density at radius 2 is 1.93 bits per heavy atom. The summed E-state index contributed by atoms with van der Waals surface area (Å²) in [7, 11) is 0. The second-order valence-corrected chi connectivity index (χ2v) is 6.97. The van der Waals surface area contributed by atoms with E-state index in [2.05, 4.69) is 5.32 Å². The van der Waals surface area contributed by atoms with Crippen LogP contribution >= 0.6 is 0 Å². The number of aliphatic carboxylic acids is 1. The van der Waals surface area contributed by atoms with Crippen molar-refractivity contribution in [2.75, 3.05) is 29.5 Å². The number of carboxylic acid groups (broad SMARTS) is 1. The largest absolute Gasteiger partial charge is 0.481 e. The molecule has 162 valence electrons. The van der Waals surface area contributed by atoms with Gasteiger partial charge in [-0.1, -0.05) is 25.5 Å². The molecule has 1 aliphatic rings. The van der Waals surface area contributed by atoms with E-state index in [4.69, 9.17) is 5.11 Å². The Hall–Kier alpha value is -3.27. The minimum absolute atomic E-state index is 0.0666. The zero-order chi connectivity index (χ0) is 22.3. The van der Waals surface area contributed by atoms with Crippen molar-refractivity contribution in [2.24, 2.45) is 5.92 Å². The monoisotopic (exact) mass is 419 g/mol. The first-order valence-electron chi connectivity index (χ1n) is 9.60. The van der Waals surface area contributed by atoms with Crippen molar-refractivity contribution in [1.29, 1.82) is 0 Å². The second kappa shape index (κ2) is 10.5. The zero-order valence-corrected chi connectivity index (χ0v) is 16.6. The van der Waals surface area contributed by atoms with E-state index >= 15 is 0 Å². The van der Waals surface area contributed by atoms with Crippen LogP contribution < -0.4 is 15.1 Å². The molecular formula is C20H25N3O7. The third-order valence-electron chi connectivity index (χ3n) is 4.76. The second-order valence-electron chi connectivity index (χ2n) is 6.97. The molecule has 30 heavy (non-hydrogen) atoms. The van der Waals surface area contributed by atoms with Crippen LogP contribution in [0.1, 0.15) is 26.2 Å². The maximum atomic E-state index is 13.2. The fourth-order valence-corrected chi connectivity index (χ4v) is 3.42. The van der Waals surface area contributed by atoms with Crippen LogP contribution in [0, 0.1) is 5.92 Å². The highest BCUT2D eigenvalue weighted by molar-refractivity contribution is 6.08. The third kappa shape index (κ3) is 5.41. The number of aliphatic hydroxyl groups excluding tert-OH is 1. The minimum atomic E-state index is -1.25. The van der Waals surface area contributed by atoms with E-state index in [1.54, 1.807) is 24.3 Å². The normalized spacial score (nSPS) is 17.0. The van der Waals surface area contributed by atoms with Crippen LogP contribution in [-0.2, 0) is 24.0 Å². The van der Waals surface area contributed by atoms with E-state index in [1.807, 2.05) is 6.92 Å². The molecule has 10 nitrogen and oxygen atoms in total. The van der Waals surface area contributed by atoms with Gasteiger partial charge in [0.2, 0.25) is 11.8 Å². The van der Waals surface area contributed by atoms with Gasteiger partial charge in [-0.05, 0) is 18.6 Å². The maximum Gasteiger partial charge on any atom is 0.305 e. The zero-order valence-electron chi connectivity index (χ0n) is 16.6. The van der Waals surface area contributed by atoms with Gasteiger partial charge in [-0.15, -0.1) is 0 Å². The van der Waals surface area contributed by atoms with E-state index in [1.165, 1.54) is 9.80 Å². The summed E-state index contributed by atoms with van der Waals surface area (Å²) < 4.78 is 0.